The zero-order valence-electron chi connectivity index (χ0n) is 21.5. The third kappa shape index (κ3) is 8.08. The van der Waals surface area contributed by atoms with Crippen LogP contribution < -0.4 is 0 Å². The number of rotatable bonds is 13. The number of carbonyl (C=O) groups excluding carboxylic acids is 1. The highest BCUT2D eigenvalue weighted by molar-refractivity contribution is 5.66. The van der Waals surface area contributed by atoms with Crippen LogP contribution in [0.2, 0.25) is 0 Å². The molecule has 0 N–H and O–H groups in total. The van der Waals surface area contributed by atoms with Crippen LogP contribution in [0.25, 0.3) is 0 Å². The maximum absolute atomic E-state index is 12.0. The van der Waals surface area contributed by atoms with Crippen molar-refractivity contribution < 1.29 is 33.2 Å². The molecule has 0 amide bonds. The van der Waals surface area contributed by atoms with Gasteiger partial charge in [-0.05, 0) is 16.7 Å². The minimum Gasteiger partial charge on any atom is -0.433 e. The van der Waals surface area contributed by atoms with E-state index in [1.54, 1.807) is 6.08 Å². The molecule has 4 rings (SSSR count). The maximum Gasteiger partial charge on any atom is 0.305 e. The van der Waals surface area contributed by atoms with E-state index in [1.807, 2.05) is 91.0 Å². The van der Waals surface area contributed by atoms with Crippen LogP contribution in [0.4, 0.5) is 0 Å². The molecule has 7 heteroatoms. The van der Waals surface area contributed by atoms with Crippen molar-refractivity contribution in [2.45, 2.75) is 57.6 Å². The molecule has 0 spiro atoms. The fraction of sp³-hybridized carbons (Fsp3) is 0.323. The Bertz CT molecular complexity index is 1110. The number of ether oxygens (including phenoxy) is 6. The topological polar surface area (TPSA) is 72.5 Å². The smallest absolute Gasteiger partial charge is 0.305 e. The number of esters is 1. The highest BCUT2D eigenvalue weighted by atomic mass is 16.8. The van der Waals surface area contributed by atoms with Crippen LogP contribution >= 0.6 is 0 Å². The van der Waals surface area contributed by atoms with Crippen molar-refractivity contribution in [1.82, 2.24) is 0 Å². The summed E-state index contributed by atoms with van der Waals surface area (Å²) in [4.78, 5) is 12.0. The lowest BCUT2D eigenvalue weighted by molar-refractivity contribution is -0.360. The van der Waals surface area contributed by atoms with E-state index in [9.17, 15) is 4.79 Å². The zero-order valence-corrected chi connectivity index (χ0v) is 21.5. The summed E-state index contributed by atoms with van der Waals surface area (Å²) in [5, 5.41) is 0. The van der Waals surface area contributed by atoms with Crippen molar-refractivity contribution in [3.8, 4) is 0 Å². The van der Waals surface area contributed by atoms with E-state index in [4.69, 9.17) is 28.4 Å². The number of benzene rings is 3. The quantitative estimate of drug-likeness (QED) is 0.228. The van der Waals surface area contributed by atoms with Crippen LogP contribution in [-0.4, -0.2) is 43.5 Å². The van der Waals surface area contributed by atoms with Crippen molar-refractivity contribution in [2.75, 3.05) is 6.61 Å². The van der Waals surface area contributed by atoms with Gasteiger partial charge in [0.05, 0.1) is 26.4 Å². The van der Waals surface area contributed by atoms with Crippen molar-refractivity contribution in [3.63, 3.8) is 0 Å². The van der Waals surface area contributed by atoms with Crippen molar-refractivity contribution in [3.05, 3.63) is 120 Å². The van der Waals surface area contributed by atoms with Gasteiger partial charge in [-0.1, -0.05) is 97.1 Å². The van der Waals surface area contributed by atoms with E-state index in [-0.39, 0.29) is 13.2 Å². The Morgan fingerprint density at radius 1 is 0.684 bits per heavy atom. The Balaban J connectivity index is 1.63. The van der Waals surface area contributed by atoms with Gasteiger partial charge in [0.25, 0.3) is 0 Å². The molecule has 0 saturated carbocycles. The van der Waals surface area contributed by atoms with Crippen LogP contribution in [0.5, 0.6) is 0 Å². The van der Waals surface area contributed by atoms with E-state index < -0.39 is 36.9 Å². The molecular formula is C31H34O7. The maximum atomic E-state index is 12.0. The van der Waals surface area contributed by atoms with Crippen molar-refractivity contribution in [2.24, 2.45) is 0 Å². The molecule has 0 bridgehead atoms. The fourth-order valence-electron chi connectivity index (χ4n) is 4.18. The van der Waals surface area contributed by atoms with E-state index >= 15 is 0 Å². The van der Waals surface area contributed by atoms with Gasteiger partial charge >= 0.3 is 5.97 Å². The monoisotopic (exact) mass is 518 g/mol. The van der Waals surface area contributed by atoms with Gasteiger partial charge in [0.15, 0.2) is 6.29 Å². The van der Waals surface area contributed by atoms with E-state index in [0.717, 1.165) is 16.7 Å². The Kier molecular flexibility index (Phi) is 10.6. The molecule has 38 heavy (non-hydrogen) atoms. The lowest BCUT2D eigenvalue weighted by Crippen LogP contribution is -2.61. The summed E-state index contributed by atoms with van der Waals surface area (Å²) >= 11 is 0. The van der Waals surface area contributed by atoms with Crippen molar-refractivity contribution >= 4 is 5.97 Å². The molecule has 3 aromatic carbocycles. The van der Waals surface area contributed by atoms with E-state index in [1.165, 1.54) is 6.92 Å². The molecule has 7 nitrogen and oxygen atoms in total. The molecule has 0 aliphatic carbocycles. The largest absolute Gasteiger partial charge is 0.433 e. The van der Waals surface area contributed by atoms with Gasteiger partial charge in [0.2, 0.25) is 6.29 Å². The molecule has 3 aromatic rings. The summed E-state index contributed by atoms with van der Waals surface area (Å²) in [5.41, 5.74) is 2.93. The second-order valence-electron chi connectivity index (χ2n) is 8.89. The first-order chi connectivity index (χ1) is 18.6. The summed E-state index contributed by atoms with van der Waals surface area (Å²) in [6, 6.07) is 29.4. The first kappa shape index (κ1) is 27.7. The first-order valence-electron chi connectivity index (χ1n) is 12.7. The Labute approximate surface area is 223 Å². The summed E-state index contributed by atoms with van der Waals surface area (Å²) in [7, 11) is 0. The highest BCUT2D eigenvalue weighted by Gasteiger charge is 2.50. The Hall–Kier alpha value is -3.33. The minimum atomic E-state index is -1.07. The van der Waals surface area contributed by atoms with Gasteiger partial charge in [0.1, 0.15) is 18.3 Å². The molecule has 0 aromatic heterocycles. The predicted octanol–water partition coefficient (Wildman–Crippen LogP) is 5.19. The third-order valence-corrected chi connectivity index (χ3v) is 5.97. The summed E-state index contributed by atoms with van der Waals surface area (Å²) in [5.74, 6) is -0.503. The normalized spacial score (nSPS) is 23.0. The summed E-state index contributed by atoms with van der Waals surface area (Å²) in [6.07, 6.45) is -2.49. The van der Waals surface area contributed by atoms with Crippen LogP contribution in [0.3, 0.4) is 0 Å². The molecule has 0 unspecified atom stereocenters. The number of hydrogen-bond donors (Lipinski definition) is 0. The second-order valence-corrected chi connectivity index (χ2v) is 8.89. The lowest BCUT2D eigenvalue weighted by Gasteiger charge is -2.45. The van der Waals surface area contributed by atoms with Gasteiger partial charge in [-0.2, -0.15) is 0 Å². The first-order valence-corrected chi connectivity index (χ1v) is 12.7. The van der Waals surface area contributed by atoms with E-state index in [2.05, 4.69) is 6.58 Å². The van der Waals surface area contributed by atoms with Crippen LogP contribution in [0, 0.1) is 0 Å². The molecule has 0 radical (unpaired) electrons. The molecule has 200 valence electrons. The zero-order chi connectivity index (χ0) is 26.6. The average molecular weight is 519 g/mol. The van der Waals surface area contributed by atoms with Crippen LogP contribution in [-0.2, 0) is 53.0 Å². The van der Waals surface area contributed by atoms with Gasteiger partial charge < -0.3 is 28.4 Å². The molecule has 1 fully saturated rings. The molecule has 5 atom stereocenters. The molecule has 1 aliphatic heterocycles. The molecular weight excluding hydrogens is 484 g/mol. The minimum absolute atomic E-state index is 0.212. The molecule has 1 saturated heterocycles. The predicted molar refractivity (Wildman–Crippen MR) is 142 cm³/mol. The van der Waals surface area contributed by atoms with E-state index in [0.29, 0.717) is 13.2 Å². The van der Waals surface area contributed by atoms with Crippen LogP contribution in [0.15, 0.2) is 104 Å². The Morgan fingerprint density at radius 2 is 1.11 bits per heavy atom. The number of hydrogen-bond acceptors (Lipinski definition) is 7. The van der Waals surface area contributed by atoms with Gasteiger partial charge in [0, 0.05) is 6.92 Å². The SMILES string of the molecule is C=CCO[C@H]1O[C@H](OC(C)=O)[C@@H](OCc2ccccc2)[C@H](OCc2ccccc2)[C@H]1OCc1ccccc1. The van der Waals surface area contributed by atoms with Gasteiger partial charge in [-0.3, -0.25) is 4.79 Å². The lowest BCUT2D eigenvalue weighted by atomic mass is 10.0. The van der Waals surface area contributed by atoms with Gasteiger partial charge in [-0.15, -0.1) is 6.58 Å². The Morgan fingerprint density at radius 3 is 1.53 bits per heavy atom. The van der Waals surface area contributed by atoms with Crippen molar-refractivity contribution in [1.29, 1.82) is 0 Å². The fourth-order valence-corrected chi connectivity index (χ4v) is 4.18. The molecule has 1 heterocycles. The second kappa shape index (κ2) is 14.6. The molecule has 1 aliphatic rings. The highest BCUT2D eigenvalue weighted by Crippen LogP contribution is 2.31. The average Bonchev–Trinajstić information content (AvgIpc) is 2.95. The third-order valence-electron chi connectivity index (χ3n) is 5.97. The number of carbonyl (C=O) groups is 1. The van der Waals surface area contributed by atoms with Gasteiger partial charge in [-0.25, -0.2) is 0 Å². The van der Waals surface area contributed by atoms with Crippen LogP contribution in [0.1, 0.15) is 23.6 Å². The standard InChI is InChI=1S/C31H34O7/c1-3-19-33-30-28(35-21-25-15-9-5-10-16-25)27(34-20-24-13-7-4-8-14-24)29(31(38-30)37-23(2)32)36-22-26-17-11-6-12-18-26/h3-18,27-31H,1,19-22H2,2H3/t27-,28-,29+,30+,31+/m1/s1. The summed E-state index contributed by atoms with van der Waals surface area (Å²) in [6.45, 7) is 6.14. The summed E-state index contributed by atoms with van der Waals surface area (Å²) < 4.78 is 36.8.